The largest absolute Gasteiger partial charge is 0.330 e. The minimum absolute atomic E-state index is 0.196. The molecule has 0 aliphatic heterocycles. The van der Waals surface area contributed by atoms with E-state index in [1.165, 1.54) is 0 Å². The summed E-state index contributed by atoms with van der Waals surface area (Å²) in [5.41, 5.74) is 0. The number of unbranched alkanes of at least 4 members (excludes halogenated alkanes) is 20. The first-order valence-electron chi connectivity index (χ1n) is 19.6. The third-order valence-corrected chi connectivity index (χ3v) is 20.5. The first kappa shape index (κ1) is 52.6. The maximum absolute atomic E-state index is 14.4. The Morgan fingerprint density at radius 3 is 0.855 bits per heavy atom. The van der Waals surface area contributed by atoms with E-state index in [9.17, 15) is 33.7 Å². The van der Waals surface area contributed by atoms with Gasteiger partial charge in [0.2, 0.25) is 10.0 Å². The predicted molar refractivity (Wildman–Crippen MR) is 213 cm³/mol. The fraction of sp³-hybridized carbons (Fsp3) is 0.886. The second kappa shape index (κ2) is 29.8. The first-order valence-corrected chi connectivity index (χ1v) is 25.6. The SMILES string of the molecule is CC(C(S(=O)(=O)NCCCCCCCC#N)(S(=O)(=O)NCCCCCCCC#N)S(=O)(=O)NCCCCCCCC#N)S(=O)(=O)NCCCCCCCC#N. The zero-order valence-electron chi connectivity index (χ0n) is 32.6. The van der Waals surface area contributed by atoms with Crippen LogP contribution in [0.4, 0.5) is 0 Å². The van der Waals surface area contributed by atoms with Gasteiger partial charge in [-0.05, 0) is 58.3 Å². The zero-order valence-corrected chi connectivity index (χ0v) is 35.8. The van der Waals surface area contributed by atoms with Crippen molar-refractivity contribution in [2.75, 3.05) is 26.2 Å². The van der Waals surface area contributed by atoms with E-state index in [1.54, 1.807) is 0 Å². The van der Waals surface area contributed by atoms with Gasteiger partial charge in [0.25, 0.3) is 30.1 Å². The Morgan fingerprint density at radius 1 is 0.382 bits per heavy atom. The molecule has 0 aromatic carbocycles. The summed E-state index contributed by atoms with van der Waals surface area (Å²) < 4.78 is 119. The Bertz CT molecular complexity index is 1530. The lowest BCUT2D eigenvalue weighted by Gasteiger charge is -2.36. The summed E-state index contributed by atoms with van der Waals surface area (Å²) in [6, 6.07) is 8.19. The summed E-state index contributed by atoms with van der Waals surface area (Å²) in [5.74, 6) is 0. The number of rotatable bonds is 37. The number of nitrogens with zero attached hydrogens (tertiary/aromatic N) is 4. The van der Waals surface area contributed by atoms with Crippen molar-refractivity contribution in [2.24, 2.45) is 0 Å². The molecule has 0 spiro atoms. The van der Waals surface area contributed by atoms with E-state index in [4.69, 9.17) is 21.0 Å². The topological polar surface area (TPSA) is 280 Å². The van der Waals surface area contributed by atoms with Crippen LogP contribution in [0.25, 0.3) is 0 Å². The van der Waals surface area contributed by atoms with Crippen LogP contribution >= 0.6 is 0 Å². The Labute approximate surface area is 332 Å². The van der Waals surface area contributed by atoms with Gasteiger partial charge in [-0.3, -0.25) is 0 Å². The average molecular weight is 853 g/mol. The average Bonchev–Trinajstić information content (AvgIpc) is 3.12. The molecule has 4 N–H and O–H groups in total. The Hall–Kier alpha value is -2.40. The van der Waals surface area contributed by atoms with E-state index >= 15 is 0 Å². The predicted octanol–water partition coefficient (Wildman–Crippen LogP) is 5.16. The summed E-state index contributed by atoms with van der Waals surface area (Å²) in [6.07, 6.45) is 12.6. The van der Waals surface area contributed by atoms with Gasteiger partial charge in [0.05, 0.1) is 24.3 Å². The molecule has 0 saturated heterocycles. The molecule has 16 nitrogen and oxygen atoms in total. The molecule has 0 rings (SSSR count). The minimum atomic E-state index is -5.55. The molecule has 55 heavy (non-hydrogen) atoms. The molecular formula is C35H64N8O8S4. The maximum Gasteiger partial charge on any atom is 0.330 e. The molecule has 0 saturated carbocycles. The molecule has 1 unspecified atom stereocenters. The molecule has 0 aliphatic rings. The van der Waals surface area contributed by atoms with Crippen molar-refractivity contribution in [1.82, 2.24) is 18.9 Å². The number of nitriles is 4. The summed E-state index contributed by atoms with van der Waals surface area (Å²) in [5, 5.41) is 32.4. The number of sulfonamides is 4. The van der Waals surface area contributed by atoms with Crippen LogP contribution < -0.4 is 18.9 Å². The van der Waals surface area contributed by atoms with Crippen molar-refractivity contribution in [3.8, 4) is 24.3 Å². The normalized spacial score (nSPS) is 13.0. The lowest BCUT2D eigenvalue weighted by Crippen LogP contribution is -2.70. The van der Waals surface area contributed by atoms with E-state index in [2.05, 4.69) is 25.0 Å². The van der Waals surface area contributed by atoms with E-state index < -0.39 is 48.8 Å². The van der Waals surface area contributed by atoms with Gasteiger partial charge in [0.15, 0.2) is 0 Å². The quantitative estimate of drug-likeness (QED) is 0.0590. The molecule has 20 heteroatoms. The highest BCUT2D eigenvalue weighted by atomic mass is 32.3. The van der Waals surface area contributed by atoms with Gasteiger partial charge in [-0.1, -0.05) is 77.0 Å². The summed E-state index contributed by atoms with van der Waals surface area (Å²) >= 11 is 0. The third-order valence-electron chi connectivity index (χ3n) is 9.13. The van der Waals surface area contributed by atoms with Crippen LogP contribution in [0.1, 0.15) is 161 Å². The van der Waals surface area contributed by atoms with Crippen LogP contribution in [0.3, 0.4) is 0 Å². The van der Waals surface area contributed by atoms with Crippen LogP contribution in [0, 0.1) is 45.3 Å². The van der Waals surface area contributed by atoms with Gasteiger partial charge < -0.3 is 0 Å². The maximum atomic E-state index is 14.4. The highest BCUT2D eigenvalue weighted by Gasteiger charge is 2.71. The molecule has 316 valence electrons. The van der Waals surface area contributed by atoms with E-state index in [0.29, 0.717) is 128 Å². The highest BCUT2D eigenvalue weighted by Crippen LogP contribution is 2.37. The molecule has 0 aromatic heterocycles. The van der Waals surface area contributed by atoms with Crippen molar-refractivity contribution in [2.45, 2.75) is 170 Å². The molecule has 0 heterocycles. The third kappa shape index (κ3) is 19.5. The lowest BCUT2D eigenvalue weighted by molar-refractivity contribution is 0.508. The van der Waals surface area contributed by atoms with Crippen LogP contribution in [-0.2, 0) is 40.1 Å². The molecule has 0 fully saturated rings. The highest BCUT2D eigenvalue weighted by molar-refractivity contribution is 8.25. The van der Waals surface area contributed by atoms with Crippen molar-refractivity contribution in [3.63, 3.8) is 0 Å². The van der Waals surface area contributed by atoms with E-state index in [-0.39, 0.29) is 45.4 Å². The fourth-order valence-electron chi connectivity index (χ4n) is 5.98. The fourth-order valence-corrected chi connectivity index (χ4v) is 17.0. The number of hydrogen-bond donors (Lipinski definition) is 4. The standard InChI is InChI=1S/C35H64N8O8S4/c1-34(52(44,45)40-30-22-14-6-2-10-18-26-36)35(53(46,47)41-31-23-15-7-3-11-19-27-37,54(48,49)42-32-24-16-8-4-12-20-28-38)55(50,51)43-33-25-17-9-5-13-21-29-39/h34,40-43H,2-25,30-33H2,1H3. The lowest BCUT2D eigenvalue weighted by atomic mass is 10.1. The smallest absolute Gasteiger partial charge is 0.215 e. The number of nitrogens with one attached hydrogen (secondary N) is 4. The van der Waals surface area contributed by atoms with Gasteiger partial charge in [-0.25, -0.2) is 52.6 Å². The molecule has 0 aliphatic carbocycles. The Kier molecular flexibility index (Phi) is 28.5. The Morgan fingerprint density at radius 2 is 0.600 bits per heavy atom. The van der Waals surface area contributed by atoms with Crippen molar-refractivity contribution in [3.05, 3.63) is 0 Å². The van der Waals surface area contributed by atoms with Crippen LogP contribution in [-0.4, -0.2) is 68.5 Å². The van der Waals surface area contributed by atoms with E-state index in [1.807, 2.05) is 18.2 Å². The van der Waals surface area contributed by atoms with E-state index in [0.717, 1.165) is 13.3 Å². The van der Waals surface area contributed by atoms with Crippen LogP contribution in [0.15, 0.2) is 0 Å². The van der Waals surface area contributed by atoms with Gasteiger partial charge in [-0.15, -0.1) is 0 Å². The van der Waals surface area contributed by atoms with Gasteiger partial charge in [0.1, 0.15) is 5.25 Å². The second-order valence-electron chi connectivity index (χ2n) is 13.6. The number of hydrogen-bond acceptors (Lipinski definition) is 12. The van der Waals surface area contributed by atoms with Crippen molar-refractivity contribution < 1.29 is 33.7 Å². The summed E-state index contributed by atoms with van der Waals surface area (Å²) in [4.78, 5) is 0. The van der Waals surface area contributed by atoms with Gasteiger partial charge in [-0.2, -0.15) is 21.0 Å². The van der Waals surface area contributed by atoms with Crippen LogP contribution in [0.2, 0.25) is 0 Å². The minimum Gasteiger partial charge on any atom is -0.215 e. The summed E-state index contributed by atoms with van der Waals surface area (Å²) in [6.45, 7) is -0.485. The second-order valence-corrected chi connectivity index (χ2v) is 22.3. The first-order chi connectivity index (χ1) is 26.1. The van der Waals surface area contributed by atoms with Crippen molar-refractivity contribution in [1.29, 1.82) is 21.0 Å². The molecule has 0 bridgehead atoms. The van der Waals surface area contributed by atoms with Crippen LogP contribution in [0.5, 0.6) is 0 Å². The molecule has 0 amide bonds. The molecule has 0 aromatic rings. The molecular weight excluding hydrogens is 789 g/mol. The monoisotopic (exact) mass is 852 g/mol. The summed E-state index contributed by atoms with van der Waals surface area (Å²) in [7, 11) is -21.6. The molecule has 0 radical (unpaired) electrons. The van der Waals surface area contributed by atoms with Crippen molar-refractivity contribution >= 4 is 40.1 Å². The van der Waals surface area contributed by atoms with Gasteiger partial charge >= 0.3 is 3.41 Å². The Balaban J connectivity index is 6.67. The molecule has 1 atom stereocenters. The zero-order chi connectivity index (χ0) is 41.5. The van der Waals surface area contributed by atoms with Gasteiger partial charge in [0, 0.05) is 51.9 Å².